The van der Waals surface area contributed by atoms with Crippen molar-refractivity contribution in [1.82, 2.24) is 14.3 Å². The molecule has 0 radical (unpaired) electrons. The Morgan fingerprint density at radius 2 is 2.09 bits per heavy atom. The first-order valence-electron chi connectivity index (χ1n) is 7.30. The Hall–Kier alpha value is -1.92. The highest BCUT2D eigenvalue weighted by Gasteiger charge is 2.14. The first-order chi connectivity index (χ1) is 10.9. The topological polar surface area (TPSA) is 52.2 Å². The molecule has 0 bridgehead atoms. The number of benzene rings is 1. The van der Waals surface area contributed by atoms with Gasteiger partial charge in [-0.05, 0) is 44.5 Å². The molecule has 0 saturated heterocycles. The number of carbonyl (C=O) groups is 1. The van der Waals surface area contributed by atoms with Gasteiger partial charge < -0.3 is 4.57 Å². The van der Waals surface area contributed by atoms with Crippen molar-refractivity contribution in [1.29, 1.82) is 0 Å². The van der Waals surface area contributed by atoms with E-state index in [1.54, 1.807) is 10.7 Å². The molecule has 0 saturated carbocycles. The molecule has 0 unspecified atom stereocenters. The van der Waals surface area contributed by atoms with Crippen molar-refractivity contribution in [3.63, 3.8) is 0 Å². The van der Waals surface area contributed by atoms with Gasteiger partial charge in [0.2, 0.25) is 0 Å². The number of nitrogens with zero attached hydrogens (tertiary/aromatic N) is 4. The van der Waals surface area contributed by atoms with E-state index in [-0.39, 0.29) is 5.91 Å². The molecule has 0 aliphatic heterocycles. The van der Waals surface area contributed by atoms with Gasteiger partial charge in [0, 0.05) is 18.6 Å². The minimum absolute atomic E-state index is 0.279. The Kier molecular flexibility index (Phi) is 4.12. The standard InChI is InChI=1S/C16H17ClN4OS/c1-5-21-12(7-10(3)19-21)15(22)18-16-20(4)14-9(2)6-11(17)8-13(14)23-16/h6-8H,5H2,1-4H3. The van der Waals surface area contributed by atoms with Gasteiger partial charge in [-0.2, -0.15) is 10.1 Å². The summed E-state index contributed by atoms with van der Waals surface area (Å²) in [6, 6.07) is 5.58. The molecule has 2 heterocycles. The van der Waals surface area contributed by atoms with Crippen LogP contribution in [0.15, 0.2) is 23.2 Å². The van der Waals surface area contributed by atoms with Crippen LogP contribution in [0.1, 0.15) is 28.7 Å². The number of amides is 1. The molecule has 0 fully saturated rings. The molecule has 0 aliphatic rings. The lowest BCUT2D eigenvalue weighted by molar-refractivity contribution is 0.0988. The summed E-state index contributed by atoms with van der Waals surface area (Å²) in [5, 5.41) is 4.99. The van der Waals surface area contributed by atoms with Crippen LogP contribution in [0.25, 0.3) is 10.2 Å². The second-order valence-electron chi connectivity index (χ2n) is 5.42. The number of fused-ring (bicyclic) bond motifs is 1. The maximum Gasteiger partial charge on any atom is 0.297 e. The van der Waals surface area contributed by atoms with Crippen molar-refractivity contribution in [2.24, 2.45) is 12.0 Å². The van der Waals surface area contributed by atoms with Crippen LogP contribution in [0.2, 0.25) is 5.02 Å². The fourth-order valence-corrected chi connectivity index (χ4v) is 4.15. The normalized spacial score (nSPS) is 12.3. The fourth-order valence-electron chi connectivity index (χ4n) is 2.68. The minimum Gasteiger partial charge on any atom is -0.319 e. The quantitative estimate of drug-likeness (QED) is 0.712. The monoisotopic (exact) mass is 348 g/mol. The fraction of sp³-hybridized carbons (Fsp3) is 0.312. The van der Waals surface area contributed by atoms with Crippen LogP contribution in [0, 0.1) is 13.8 Å². The van der Waals surface area contributed by atoms with Crippen molar-refractivity contribution >= 4 is 39.1 Å². The number of aryl methyl sites for hydroxylation is 4. The highest BCUT2D eigenvalue weighted by Crippen LogP contribution is 2.25. The summed E-state index contributed by atoms with van der Waals surface area (Å²) in [5.41, 5.74) is 3.44. The molecule has 120 valence electrons. The van der Waals surface area contributed by atoms with Crippen LogP contribution in [0.5, 0.6) is 0 Å². The molecule has 1 amide bonds. The van der Waals surface area contributed by atoms with E-state index in [1.165, 1.54) is 11.3 Å². The van der Waals surface area contributed by atoms with Gasteiger partial charge in [0.05, 0.1) is 15.9 Å². The largest absolute Gasteiger partial charge is 0.319 e. The van der Waals surface area contributed by atoms with Gasteiger partial charge in [-0.25, -0.2) is 0 Å². The summed E-state index contributed by atoms with van der Waals surface area (Å²) in [5.74, 6) is -0.279. The molecule has 1 aromatic carbocycles. The van der Waals surface area contributed by atoms with Crippen LogP contribution in [0.4, 0.5) is 0 Å². The molecule has 7 heteroatoms. The number of aromatic nitrogens is 3. The predicted octanol–water partition coefficient (Wildman–Crippen LogP) is 3.47. The maximum atomic E-state index is 12.5. The van der Waals surface area contributed by atoms with Crippen molar-refractivity contribution in [2.75, 3.05) is 0 Å². The van der Waals surface area contributed by atoms with Crippen LogP contribution in [-0.2, 0) is 13.6 Å². The highest BCUT2D eigenvalue weighted by molar-refractivity contribution is 7.16. The number of hydrogen-bond donors (Lipinski definition) is 0. The lowest BCUT2D eigenvalue weighted by Crippen LogP contribution is -2.15. The van der Waals surface area contributed by atoms with Crippen molar-refractivity contribution in [3.8, 4) is 0 Å². The first kappa shape index (κ1) is 16.0. The third-order valence-electron chi connectivity index (χ3n) is 3.67. The van der Waals surface area contributed by atoms with Gasteiger partial charge in [0.1, 0.15) is 5.69 Å². The smallest absolute Gasteiger partial charge is 0.297 e. The summed E-state index contributed by atoms with van der Waals surface area (Å²) >= 11 is 7.57. The molecule has 5 nitrogen and oxygen atoms in total. The Labute approximate surface area is 142 Å². The van der Waals surface area contributed by atoms with E-state index in [1.807, 2.05) is 44.5 Å². The van der Waals surface area contributed by atoms with E-state index in [2.05, 4.69) is 10.1 Å². The summed E-state index contributed by atoms with van der Waals surface area (Å²) in [6.45, 7) is 6.46. The van der Waals surface area contributed by atoms with E-state index in [0.29, 0.717) is 22.1 Å². The molecule has 3 aromatic rings. The summed E-state index contributed by atoms with van der Waals surface area (Å²) in [6.07, 6.45) is 0. The van der Waals surface area contributed by atoms with Crippen molar-refractivity contribution in [2.45, 2.75) is 27.3 Å². The zero-order chi connectivity index (χ0) is 16.7. The number of hydrogen-bond acceptors (Lipinski definition) is 3. The molecule has 23 heavy (non-hydrogen) atoms. The third kappa shape index (κ3) is 2.84. The number of rotatable bonds is 2. The van der Waals surface area contributed by atoms with E-state index >= 15 is 0 Å². The molecule has 3 rings (SSSR count). The van der Waals surface area contributed by atoms with Gasteiger partial charge >= 0.3 is 0 Å². The van der Waals surface area contributed by atoms with E-state index < -0.39 is 0 Å². The van der Waals surface area contributed by atoms with Crippen LogP contribution in [-0.4, -0.2) is 20.3 Å². The molecule has 2 aromatic heterocycles. The van der Waals surface area contributed by atoms with E-state index in [9.17, 15) is 4.79 Å². The second kappa shape index (κ2) is 5.94. The predicted molar refractivity (Wildman–Crippen MR) is 93.1 cm³/mol. The van der Waals surface area contributed by atoms with E-state index in [0.717, 1.165) is 21.5 Å². The van der Waals surface area contributed by atoms with Gasteiger partial charge in [-0.1, -0.05) is 22.9 Å². The molecule has 0 aliphatic carbocycles. The zero-order valence-corrected chi connectivity index (χ0v) is 15.0. The van der Waals surface area contributed by atoms with Gasteiger partial charge in [-0.3, -0.25) is 9.48 Å². The average molecular weight is 349 g/mol. The maximum absolute atomic E-state index is 12.5. The SMILES string of the molecule is CCn1nc(C)cc1C(=O)N=c1sc2cc(Cl)cc(C)c2n1C. The third-order valence-corrected chi connectivity index (χ3v) is 4.97. The summed E-state index contributed by atoms with van der Waals surface area (Å²) in [4.78, 5) is 17.5. The average Bonchev–Trinajstić information content (AvgIpc) is 3.00. The number of carbonyl (C=O) groups excluding carboxylic acids is 1. The van der Waals surface area contributed by atoms with Gasteiger partial charge in [0.15, 0.2) is 4.80 Å². The van der Waals surface area contributed by atoms with Crippen molar-refractivity contribution in [3.05, 3.63) is 45.0 Å². The Morgan fingerprint density at radius 3 is 2.78 bits per heavy atom. The number of thiazole rings is 1. The molecule has 0 spiro atoms. The summed E-state index contributed by atoms with van der Waals surface area (Å²) < 4.78 is 4.63. The Bertz CT molecular complexity index is 980. The summed E-state index contributed by atoms with van der Waals surface area (Å²) in [7, 11) is 1.91. The molecular formula is C16H17ClN4OS. The first-order valence-corrected chi connectivity index (χ1v) is 8.49. The minimum atomic E-state index is -0.279. The molecule has 0 atom stereocenters. The van der Waals surface area contributed by atoms with E-state index in [4.69, 9.17) is 11.6 Å². The Balaban J connectivity index is 2.16. The molecular weight excluding hydrogens is 332 g/mol. The van der Waals surface area contributed by atoms with Crippen molar-refractivity contribution < 1.29 is 4.79 Å². The van der Waals surface area contributed by atoms with Gasteiger partial charge in [0.25, 0.3) is 5.91 Å². The van der Waals surface area contributed by atoms with Crippen LogP contribution >= 0.6 is 22.9 Å². The van der Waals surface area contributed by atoms with Crippen LogP contribution in [0.3, 0.4) is 0 Å². The molecule has 0 N–H and O–H groups in total. The number of halogens is 1. The zero-order valence-electron chi connectivity index (χ0n) is 13.4. The van der Waals surface area contributed by atoms with Crippen LogP contribution < -0.4 is 4.80 Å². The Morgan fingerprint density at radius 1 is 1.35 bits per heavy atom. The van der Waals surface area contributed by atoms with Gasteiger partial charge in [-0.15, -0.1) is 0 Å². The lowest BCUT2D eigenvalue weighted by atomic mass is 10.2. The lowest BCUT2D eigenvalue weighted by Gasteiger charge is -2.01. The second-order valence-corrected chi connectivity index (χ2v) is 6.86. The highest BCUT2D eigenvalue weighted by atomic mass is 35.5.